The van der Waals surface area contributed by atoms with Crippen molar-refractivity contribution in [2.45, 2.75) is 6.92 Å². The molecule has 19 heavy (non-hydrogen) atoms. The van der Waals surface area contributed by atoms with E-state index in [1.54, 1.807) is 6.07 Å². The molecule has 2 rings (SSSR count). The second kappa shape index (κ2) is 5.80. The highest BCUT2D eigenvalue weighted by atomic mass is 35.5. The van der Waals surface area contributed by atoms with E-state index in [4.69, 9.17) is 11.6 Å². The third-order valence-corrected chi connectivity index (χ3v) is 4.87. The molecule has 0 heterocycles. The van der Waals surface area contributed by atoms with Gasteiger partial charge in [-0.15, -0.1) is 11.6 Å². The van der Waals surface area contributed by atoms with Crippen molar-refractivity contribution in [1.82, 2.24) is 0 Å². The lowest BCUT2D eigenvalue weighted by Gasteiger charge is -2.11. The molecule has 5 heteroatoms. The molecule has 0 aliphatic rings. The predicted octanol–water partition coefficient (Wildman–Crippen LogP) is 3.46. The molecule has 2 aromatic carbocycles. The van der Waals surface area contributed by atoms with Crippen LogP contribution in [0.3, 0.4) is 0 Å². The third kappa shape index (κ3) is 3.85. The molecule has 0 spiro atoms. The van der Waals surface area contributed by atoms with Gasteiger partial charge in [0.15, 0.2) is 0 Å². The number of fused-ring (bicyclic) bond motifs is 1. The van der Waals surface area contributed by atoms with Crippen LogP contribution in [-0.4, -0.2) is 20.1 Å². The fourth-order valence-electron chi connectivity index (χ4n) is 1.89. The lowest BCUT2D eigenvalue weighted by Crippen LogP contribution is -2.22. The van der Waals surface area contributed by atoms with Crippen molar-refractivity contribution in [3.05, 3.63) is 42.5 Å². The van der Waals surface area contributed by atoms with E-state index in [0.29, 0.717) is 11.6 Å². The Labute approximate surface area is 118 Å². The zero-order valence-corrected chi connectivity index (χ0v) is 12.2. The molecule has 0 aliphatic carbocycles. The van der Waals surface area contributed by atoms with Crippen LogP contribution in [0.15, 0.2) is 42.5 Å². The molecule has 1 unspecified atom stereocenters. The minimum atomic E-state index is -3.35. The molecule has 1 N–H and O–H groups in total. The van der Waals surface area contributed by atoms with E-state index < -0.39 is 10.0 Å². The van der Waals surface area contributed by atoms with E-state index in [0.717, 1.165) is 10.8 Å². The maximum absolute atomic E-state index is 11.9. The summed E-state index contributed by atoms with van der Waals surface area (Å²) in [5.41, 5.74) is 0.584. The van der Waals surface area contributed by atoms with Crippen molar-refractivity contribution >= 4 is 38.1 Å². The molecule has 0 aliphatic heterocycles. The lowest BCUT2D eigenvalue weighted by molar-refractivity contribution is 0.588. The van der Waals surface area contributed by atoms with Gasteiger partial charge < -0.3 is 0 Å². The van der Waals surface area contributed by atoms with Gasteiger partial charge in [-0.05, 0) is 28.8 Å². The van der Waals surface area contributed by atoms with Crippen LogP contribution < -0.4 is 4.72 Å². The Morgan fingerprint density at radius 3 is 2.53 bits per heavy atom. The number of alkyl halides is 1. The molecule has 0 amide bonds. The summed E-state index contributed by atoms with van der Waals surface area (Å²) in [4.78, 5) is 0. The Kier molecular flexibility index (Phi) is 4.32. The summed E-state index contributed by atoms with van der Waals surface area (Å²) in [6.07, 6.45) is 0. The Morgan fingerprint density at radius 2 is 1.84 bits per heavy atom. The van der Waals surface area contributed by atoms with Crippen molar-refractivity contribution < 1.29 is 8.42 Å². The molecule has 2 aromatic rings. The molecular weight excluding hydrogens is 282 g/mol. The van der Waals surface area contributed by atoms with Crippen molar-refractivity contribution in [1.29, 1.82) is 0 Å². The van der Waals surface area contributed by atoms with Crippen LogP contribution in [-0.2, 0) is 10.0 Å². The van der Waals surface area contributed by atoms with Gasteiger partial charge in [0.05, 0.1) is 5.75 Å². The van der Waals surface area contributed by atoms with Gasteiger partial charge in [-0.1, -0.05) is 37.3 Å². The Morgan fingerprint density at radius 1 is 1.16 bits per heavy atom. The van der Waals surface area contributed by atoms with Gasteiger partial charge in [0.1, 0.15) is 0 Å². The maximum atomic E-state index is 11.9. The van der Waals surface area contributed by atoms with Crippen molar-refractivity contribution in [2.24, 2.45) is 5.92 Å². The molecule has 3 nitrogen and oxygen atoms in total. The molecule has 1 atom stereocenters. The van der Waals surface area contributed by atoms with Gasteiger partial charge in [-0.25, -0.2) is 8.42 Å². The van der Waals surface area contributed by atoms with Gasteiger partial charge in [0.2, 0.25) is 10.0 Å². The van der Waals surface area contributed by atoms with E-state index in [9.17, 15) is 8.42 Å². The summed E-state index contributed by atoms with van der Waals surface area (Å²) in [6, 6.07) is 13.3. The average molecular weight is 298 g/mol. The number of halogens is 1. The molecule has 0 bridgehead atoms. The number of benzene rings is 2. The molecule has 0 radical (unpaired) electrons. The normalized spacial score (nSPS) is 13.4. The monoisotopic (exact) mass is 297 g/mol. The summed E-state index contributed by atoms with van der Waals surface area (Å²) in [5.74, 6) is 0.293. The van der Waals surface area contributed by atoms with Crippen molar-refractivity contribution in [3.8, 4) is 0 Å². The van der Waals surface area contributed by atoms with Crippen molar-refractivity contribution in [2.75, 3.05) is 16.4 Å². The zero-order valence-electron chi connectivity index (χ0n) is 10.6. The Bertz CT molecular complexity index is 670. The molecular formula is C14H16ClNO2S. The first-order valence-electron chi connectivity index (χ1n) is 6.05. The van der Waals surface area contributed by atoms with E-state index in [-0.39, 0.29) is 11.7 Å². The highest BCUT2D eigenvalue weighted by Gasteiger charge is 2.15. The standard InChI is InChI=1S/C14H16ClNO2S/c1-11(9-15)10-19(17,18)16-14-7-6-12-4-2-3-5-13(12)8-14/h2-8,11,16H,9-10H2,1H3. The fourth-order valence-corrected chi connectivity index (χ4v) is 3.57. The van der Waals surface area contributed by atoms with Crippen LogP contribution >= 0.6 is 11.6 Å². The largest absolute Gasteiger partial charge is 0.284 e. The SMILES string of the molecule is CC(CCl)CS(=O)(=O)Nc1ccc2ccccc2c1. The first kappa shape index (κ1) is 14.2. The summed E-state index contributed by atoms with van der Waals surface area (Å²) in [6.45, 7) is 1.81. The molecule has 0 aromatic heterocycles. The highest BCUT2D eigenvalue weighted by Crippen LogP contribution is 2.20. The zero-order chi connectivity index (χ0) is 13.9. The minimum absolute atomic E-state index is 0.0311. The second-order valence-electron chi connectivity index (χ2n) is 4.70. The first-order valence-corrected chi connectivity index (χ1v) is 8.24. The average Bonchev–Trinajstić information content (AvgIpc) is 2.37. The third-order valence-electron chi connectivity index (χ3n) is 2.79. The Hall–Kier alpha value is -1.26. The van der Waals surface area contributed by atoms with Gasteiger partial charge in [0.25, 0.3) is 0 Å². The first-order chi connectivity index (χ1) is 9.00. The van der Waals surface area contributed by atoms with Crippen LogP contribution in [0, 0.1) is 5.92 Å². The maximum Gasteiger partial charge on any atom is 0.233 e. The molecule has 0 saturated heterocycles. The van der Waals surface area contributed by atoms with Crippen LogP contribution in [0.4, 0.5) is 5.69 Å². The predicted molar refractivity (Wildman–Crippen MR) is 81.2 cm³/mol. The topological polar surface area (TPSA) is 46.2 Å². The van der Waals surface area contributed by atoms with E-state index >= 15 is 0 Å². The Balaban J connectivity index is 2.21. The fraction of sp³-hybridized carbons (Fsp3) is 0.286. The van der Waals surface area contributed by atoms with Gasteiger partial charge >= 0.3 is 0 Å². The van der Waals surface area contributed by atoms with Gasteiger partial charge in [-0.3, -0.25) is 4.72 Å². The summed E-state index contributed by atoms with van der Waals surface area (Å²) >= 11 is 5.65. The molecule has 0 fully saturated rings. The van der Waals surface area contributed by atoms with Crippen LogP contribution in [0.2, 0.25) is 0 Å². The second-order valence-corrected chi connectivity index (χ2v) is 6.78. The number of hydrogen-bond donors (Lipinski definition) is 1. The summed E-state index contributed by atoms with van der Waals surface area (Å²) in [7, 11) is -3.35. The van der Waals surface area contributed by atoms with E-state index in [1.165, 1.54) is 0 Å². The van der Waals surface area contributed by atoms with E-state index in [2.05, 4.69) is 4.72 Å². The molecule has 0 saturated carbocycles. The number of nitrogens with one attached hydrogen (secondary N) is 1. The van der Waals surface area contributed by atoms with Gasteiger partial charge in [-0.2, -0.15) is 0 Å². The number of sulfonamides is 1. The quantitative estimate of drug-likeness (QED) is 0.859. The lowest BCUT2D eigenvalue weighted by atomic mass is 10.1. The summed E-state index contributed by atoms with van der Waals surface area (Å²) in [5, 5.41) is 2.09. The number of anilines is 1. The minimum Gasteiger partial charge on any atom is -0.284 e. The smallest absolute Gasteiger partial charge is 0.233 e. The van der Waals surface area contributed by atoms with Crippen LogP contribution in [0.25, 0.3) is 10.8 Å². The van der Waals surface area contributed by atoms with Crippen LogP contribution in [0.5, 0.6) is 0 Å². The summed E-state index contributed by atoms with van der Waals surface area (Å²) < 4.78 is 26.5. The highest BCUT2D eigenvalue weighted by molar-refractivity contribution is 7.92. The number of hydrogen-bond acceptors (Lipinski definition) is 2. The van der Waals surface area contributed by atoms with Gasteiger partial charge in [0, 0.05) is 11.6 Å². The van der Waals surface area contributed by atoms with Crippen molar-refractivity contribution in [3.63, 3.8) is 0 Å². The van der Waals surface area contributed by atoms with E-state index in [1.807, 2.05) is 43.3 Å². The molecule has 102 valence electrons. The number of rotatable bonds is 5. The van der Waals surface area contributed by atoms with Crippen LogP contribution in [0.1, 0.15) is 6.92 Å².